The van der Waals surface area contributed by atoms with E-state index in [1.54, 1.807) is 0 Å². The van der Waals surface area contributed by atoms with Gasteiger partial charge >= 0.3 is 7.12 Å². The Balaban J connectivity index is 0.00000169. The van der Waals surface area contributed by atoms with Crippen molar-refractivity contribution in [1.29, 1.82) is 0 Å². The molecule has 24 heavy (non-hydrogen) atoms. The van der Waals surface area contributed by atoms with Crippen molar-refractivity contribution < 1.29 is 9.31 Å². The van der Waals surface area contributed by atoms with Crippen LogP contribution in [0.2, 0.25) is 0 Å². The highest BCUT2D eigenvalue weighted by atomic mass is 35.5. The Labute approximate surface area is 152 Å². The summed E-state index contributed by atoms with van der Waals surface area (Å²) in [4.78, 5) is 0. The molecule has 1 saturated heterocycles. The van der Waals surface area contributed by atoms with Crippen LogP contribution in [0.5, 0.6) is 0 Å². The van der Waals surface area contributed by atoms with Gasteiger partial charge in [0.25, 0.3) is 0 Å². The van der Waals surface area contributed by atoms with Crippen molar-refractivity contribution in [2.45, 2.75) is 64.1 Å². The number of rotatable bonds is 4. The van der Waals surface area contributed by atoms with Crippen molar-refractivity contribution in [3.8, 4) is 0 Å². The number of hydrogen-bond donors (Lipinski definition) is 1. The molecule has 4 fully saturated rings. The van der Waals surface area contributed by atoms with E-state index in [0.717, 1.165) is 25.2 Å². The van der Waals surface area contributed by atoms with Crippen molar-refractivity contribution in [2.75, 3.05) is 0 Å². The van der Waals surface area contributed by atoms with Crippen LogP contribution in [-0.4, -0.2) is 24.8 Å². The average molecular weight is 350 g/mol. The Bertz CT molecular complexity index is 584. The van der Waals surface area contributed by atoms with Gasteiger partial charge in [0.05, 0.1) is 11.7 Å². The van der Waals surface area contributed by atoms with Crippen LogP contribution in [0.15, 0.2) is 30.3 Å². The second-order valence-electron chi connectivity index (χ2n) is 8.53. The fourth-order valence-electron chi connectivity index (χ4n) is 5.20. The van der Waals surface area contributed by atoms with Crippen LogP contribution in [0, 0.1) is 17.3 Å². The minimum absolute atomic E-state index is 0. The summed E-state index contributed by atoms with van der Waals surface area (Å²) in [5.74, 6) is 1.33. The minimum Gasteiger partial charge on any atom is -0.404 e. The molecule has 132 valence electrons. The summed E-state index contributed by atoms with van der Waals surface area (Å²) >= 11 is 0. The fraction of sp³-hybridized carbons (Fsp3) is 0.684. The van der Waals surface area contributed by atoms with E-state index >= 15 is 0 Å². The second-order valence-corrected chi connectivity index (χ2v) is 8.53. The highest BCUT2D eigenvalue weighted by Crippen LogP contribution is 2.65. The van der Waals surface area contributed by atoms with Crippen LogP contribution in [0.3, 0.4) is 0 Å². The number of aryl methyl sites for hydroxylation is 1. The molecule has 1 aromatic rings. The predicted octanol–water partition coefficient (Wildman–Crippen LogP) is 3.64. The van der Waals surface area contributed by atoms with Crippen molar-refractivity contribution in [3.05, 3.63) is 35.9 Å². The van der Waals surface area contributed by atoms with Gasteiger partial charge in [-0.2, -0.15) is 0 Å². The van der Waals surface area contributed by atoms with Crippen LogP contribution >= 0.6 is 12.4 Å². The largest absolute Gasteiger partial charge is 0.475 e. The van der Waals surface area contributed by atoms with Gasteiger partial charge in [-0.1, -0.05) is 44.2 Å². The van der Waals surface area contributed by atoms with E-state index in [-0.39, 0.29) is 37.2 Å². The van der Waals surface area contributed by atoms with Crippen LogP contribution in [-0.2, 0) is 15.7 Å². The molecule has 0 aromatic heterocycles. The lowest BCUT2D eigenvalue weighted by Gasteiger charge is -2.64. The summed E-state index contributed by atoms with van der Waals surface area (Å²) in [5.41, 5.74) is 7.98. The Morgan fingerprint density at radius 1 is 1.21 bits per heavy atom. The number of hydrogen-bond acceptors (Lipinski definition) is 3. The summed E-state index contributed by atoms with van der Waals surface area (Å²) < 4.78 is 12.7. The van der Waals surface area contributed by atoms with Crippen molar-refractivity contribution in [1.82, 2.24) is 0 Å². The van der Waals surface area contributed by atoms with Crippen LogP contribution in [0.1, 0.15) is 45.6 Å². The smallest absolute Gasteiger partial charge is 0.404 e. The predicted molar refractivity (Wildman–Crippen MR) is 100 cm³/mol. The van der Waals surface area contributed by atoms with Gasteiger partial charge in [0.2, 0.25) is 0 Å². The van der Waals surface area contributed by atoms with E-state index in [9.17, 15) is 0 Å². The number of benzene rings is 1. The second kappa shape index (κ2) is 6.32. The first-order valence-corrected chi connectivity index (χ1v) is 9.04. The maximum absolute atomic E-state index is 6.44. The van der Waals surface area contributed by atoms with E-state index in [0.29, 0.717) is 11.3 Å². The van der Waals surface area contributed by atoms with Gasteiger partial charge in [0.1, 0.15) is 0 Å². The van der Waals surface area contributed by atoms with Gasteiger partial charge in [-0.15, -0.1) is 12.4 Å². The molecule has 2 bridgehead atoms. The standard InChI is InChI=1S/C19H28BNO2.ClH/c1-18(2)14-11-15(18)19(3)16(12-14)22-20(23-19)17(21)10-9-13-7-5-4-6-8-13;/h4-8,14-17H,9-12,21H2,1-3H3;1H/t14-,15+,16+,17?,19+;/m1./s1. The van der Waals surface area contributed by atoms with Gasteiger partial charge < -0.3 is 15.0 Å². The minimum atomic E-state index is -0.246. The Morgan fingerprint density at radius 2 is 1.92 bits per heavy atom. The summed E-state index contributed by atoms with van der Waals surface area (Å²) in [5, 5.41) is 0. The van der Waals surface area contributed by atoms with Gasteiger partial charge in [-0.25, -0.2) is 0 Å². The maximum Gasteiger partial charge on any atom is 0.475 e. The molecular weight excluding hydrogens is 320 g/mol. The summed E-state index contributed by atoms with van der Waals surface area (Å²) in [6.07, 6.45) is 4.52. The molecule has 4 aliphatic rings. The number of nitrogens with two attached hydrogens (primary N) is 1. The first kappa shape index (κ1) is 18.3. The molecule has 1 aliphatic heterocycles. The van der Waals surface area contributed by atoms with Gasteiger partial charge in [0.15, 0.2) is 0 Å². The molecule has 0 amide bonds. The highest BCUT2D eigenvalue weighted by molar-refractivity contribution is 6.47. The lowest BCUT2D eigenvalue weighted by atomic mass is 9.43. The van der Waals surface area contributed by atoms with Gasteiger partial charge in [0, 0.05) is 5.94 Å². The lowest BCUT2D eigenvalue weighted by Crippen LogP contribution is -2.65. The molecule has 5 heteroatoms. The monoisotopic (exact) mass is 349 g/mol. The summed E-state index contributed by atoms with van der Waals surface area (Å²) in [6, 6.07) is 10.5. The average Bonchev–Trinajstić information content (AvgIpc) is 2.90. The van der Waals surface area contributed by atoms with Crippen LogP contribution in [0.4, 0.5) is 0 Å². The zero-order chi connectivity index (χ0) is 16.2. The molecule has 0 spiro atoms. The van der Waals surface area contributed by atoms with Crippen molar-refractivity contribution in [2.24, 2.45) is 23.0 Å². The fourth-order valence-corrected chi connectivity index (χ4v) is 5.20. The normalized spacial score (nSPS) is 37.2. The molecule has 1 heterocycles. The zero-order valence-electron chi connectivity index (χ0n) is 14.9. The molecular formula is C19H29BClNO2. The van der Waals surface area contributed by atoms with Gasteiger partial charge in [-0.05, 0) is 55.4 Å². The molecule has 1 aromatic carbocycles. The quantitative estimate of drug-likeness (QED) is 0.844. The number of halogens is 1. The van der Waals surface area contributed by atoms with E-state index < -0.39 is 0 Å². The molecule has 5 atom stereocenters. The SMILES string of the molecule is CC1(C)[C@H]2C[C@@H]3OB(C(N)CCc4ccccc4)O[C@@]3(C)[C@H]1C2.Cl. The molecule has 2 N–H and O–H groups in total. The van der Waals surface area contributed by atoms with E-state index in [1.165, 1.54) is 12.0 Å². The Hall–Kier alpha value is -0.545. The lowest BCUT2D eigenvalue weighted by molar-refractivity contribution is -0.199. The molecule has 3 saturated carbocycles. The van der Waals surface area contributed by atoms with Gasteiger partial charge in [-0.3, -0.25) is 0 Å². The molecule has 3 nitrogen and oxygen atoms in total. The van der Waals surface area contributed by atoms with E-state index in [2.05, 4.69) is 45.0 Å². The third kappa shape index (κ3) is 2.72. The molecule has 0 radical (unpaired) electrons. The Morgan fingerprint density at radius 3 is 2.58 bits per heavy atom. The third-order valence-corrected chi connectivity index (χ3v) is 6.93. The first-order valence-electron chi connectivity index (χ1n) is 9.04. The van der Waals surface area contributed by atoms with Crippen molar-refractivity contribution in [3.63, 3.8) is 0 Å². The Kier molecular flexibility index (Phi) is 4.80. The molecule has 5 rings (SSSR count). The van der Waals surface area contributed by atoms with Crippen molar-refractivity contribution >= 4 is 19.5 Å². The molecule has 1 unspecified atom stereocenters. The third-order valence-electron chi connectivity index (χ3n) is 6.93. The van der Waals surface area contributed by atoms with Crippen LogP contribution in [0.25, 0.3) is 0 Å². The van der Waals surface area contributed by atoms with Crippen LogP contribution < -0.4 is 5.73 Å². The maximum atomic E-state index is 6.44. The van der Waals surface area contributed by atoms with E-state index in [1.807, 2.05) is 6.07 Å². The molecule has 3 aliphatic carbocycles. The summed E-state index contributed by atoms with van der Waals surface area (Å²) in [7, 11) is -0.246. The zero-order valence-corrected chi connectivity index (χ0v) is 15.7. The topological polar surface area (TPSA) is 44.5 Å². The highest BCUT2D eigenvalue weighted by Gasteiger charge is 2.68. The van der Waals surface area contributed by atoms with E-state index in [4.69, 9.17) is 15.0 Å². The summed E-state index contributed by atoms with van der Waals surface area (Å²) in [6.45, 7) is 7.03. The first-order chi connectivity index (χ1) is 10.9.